The van der Waals surface area contributed by atoms with Gasteiger partial charge in [-0.05, 0) is 116 Å². The maximum atomic E-state index is 12.6. The number of hydrogen-bond acceptors (Lipinski definition) is 1. The van der Waals surface area contributed by atoms with E-state index in [4.69, 9.17) is 0 Å². The molecule has 2 heteroatoms. The lowest BCUT2D eigenvalue weighted by Gasteiger charge is -2.59. The van der Waals surface area contributed by atoms with Gasteiger partial charge in [-0.25, -0.2) is 0 Å². The highest BCUT2D eigenvalue weighted by molar-refractivity contribution is 5.70. The van der Waals surface area contributed by atoms with Gasteiger partial charge in [0, 0.05) is 0 Å². The molecule has 5 unspecified atom stereocenters. The first-order chi connectivity index (χ1) is 22.5. The fourth-order valence-corrected chi connectivity index (χ4v) is 12.1. The van der Waals surface area contributed by atoms with Crippen molar-refractivity contribution in [1.82, 2.24) is 0 Å². The van der Waals surface area contributed by atoms with E-state index in [1.807, 2.05) is 0 Å². The predicted octanol–water partition coefficient (Wildman–Crippen LogP) is 14.1. The van der Waals surface area contributed by atoms with Gasteiger partial charge in [0.05, 0.1) is 5.92 Å². The van der Waals surface area contributed by atoms with Crippen molar-refractivity contribution in [1.29, 1.82) is 0 Å². The van der Waals surface area contributed by atoms with E-state index in [-0.39, 0.29) is 5.92 Å². The topological polar surface area (TPSA) is 37.3 Å². The van der Waals surface area contributed by atoms with Gasteiger partial charge in [-0.3, -0.25) is 4.79 Å². The summed E-state index contributed by atoms with van der Waals surface area (Å²) < 4.78 is 0. The standard InChI is InChI=1S/C45H80O2/c1-33(2)20-17-15-13-11-9-8-10-12-14-16-18-23-38(43(46)47)36-28-30-44(6)37(32-36)24-25-39-41-27-26-40(35(5)22-19-21-34(3)4)45(41,7)31-29-42(39)44/h24,33-36,38-42H,8-23,25-32H2,1-7H3,(H,46,47)/t35-,36?,38?,39?,40-,41?,42?,44+,45-/m1/s1. The lowest BCUT2D eigenvalue weighted by atomic mass is 9.46. The molecule has 0 aromatic heterocycles. The van der Waals surface area contributed by atoms with Crippen molar-refractivity contribution in [2.75, 3.05) is 0 Å². The van der Waals surface area contributed by atoms with Crippen molar-refractivity contribution in [3.05, 3.63) is 11.6 Å². The maximum absolute atomic E-state index is 12.6. The summed E-state index contributed by atoms with van der Waals surface area (Å²) in [5.41, 5.74) is 2.53. The molecule has 3 saturated carbocycles. The molecule has 4 aliphatic carbocycles. The fraction of sp³-hybridized carbons (Fsp3) is 0.933. The molecule has 0 saturated heterocycles. The van der Waals surface area contributed by atoms with E-state index in [9.17, 15) is 9.90 Å². The number of rotatable bonds is 21. The molecule has 9 atom stereocenters. The number of carboxylic acids is 1. The second-order valence-corrected chi connectivity index (χ2v) is 19.1. The minimum atomic E-state index is -0.519. The van der Waals surface area contributed by atoms with Crippen LogP contribution >= 0.6 is 0 Å². The zero-order valence-electron chi connectivity index (χ0n) is 32.6. The first-order valence-electron chi connectivity index (χ1n) is 21.4. The Morgan fingerprint density at radius 3 is 1.87 bits per heavy atom. The molecular weight excluding hydrogens is 572 g/mol. The SMILES string of the molecule is CC(C)CCCCCCCCCCCCCC(C(=O)O)C1CC[C@@]2(C)C(=CCC3C2CC[C@@]2(C)C3CC[C@@H]2[C@H](C)CCCC(C)C)C1. The molecule has 272 valence electrons. The molecule has 0 amide bonds. The van der Waals surface area contributed by atoms with Crippen LogP contribution in [0.25, 0.3) is 0 Å². The highest BCUT2D eigenvalue weighted by Crippen LogP contribution is 2.67. The van der Waals surface area contributed by atoms with Gasteiger partial charge in [-0.15, -0.1) is 0 Å². The maximum Gasteiger partial charge on any atom is 0.306 e. The molecule has 0 heterocycles. The number of hydrogen-bond donors (Lipinski definition) is 1. The average Bonchev–Trinajstić information content (AvgIpc) is 3.38. The Morgan fingerprint density at radius 1 is 0.702 bits per heavy atom. The monoisotopic (exact) mass is 653 g/mol. The molecule has 47 heavy (non-hydrogen) atoms. The Labute approximate surface area is 293 Å². The summed E-state index contributed by atoms with van der Waals surface area (Å²) in [7, 11) is 0. The first kappa shape index (κ1) is 39.0. The molecule has 4 rings (SSSR count). The normalized spacial score (nSPS) is 33.3. The Morgan fingerprint density at radius 2 is 1.28 bits per heavy atom. The molecule has 2 nitrogen and oxygen atoms in total. The Bertz CT molecular complexity index is 963. The molecular formula is C45H80O2. The summed E-state index contributed by atoms with van der Waals surface area (Å²) in [4.78, 5) is 12.6. The van der Waals surface area contributed by atoms with Gasteiger partial charge in [0.1, 0.15) is 0 Å². The molecule has 1 N–H and O–H groups in total. The molecule has 3 fully saturated rings. The summed E-state index contributed by atoms with van der Waals surface area (Å²) in [6.07, 6.45) is 34.4. The number of allylic oxidation sites excluding steroid dienone is 2. The summed E-state index contributed by atoms with van der Waals surface area (Å²) in [5, 5.41) is 10.3. The minimum absolute atomic E-state index is 0.142. The van der Waals surface area contributed by atoms with Crippen LogP contribution in [0.1, 0.15) is 203 Å². The summed E-state index contributed by atoms with van der Waals surface area (Å²) in [5.74, 6) is 5.74. The van der Waals surface area contributed by atoms with Gasteiger partial charge in [0.2, 0.25) is 0 Å². The number of carboxylic acid groups (broad SMARTS) is 1. The van der Waals surface area contributed by atoms with Crippen LogP contribution in [-0.4, -0.2) is 11.1 Å². The molecule has 0 aromatic carbocycles. The third-order valence-electron chi connectivity index (χ3n) is 15.0. The Kier molecular flexibility index (Phi) is 15.3. The van der Waals surface area contributed by atoms with E-state index in [1.54, 1.807) is 5.57 Å². The number of carbonyl (C=O) groups is 1. The second kappa shape index (κ2) is 18.4. The summed E-state index contributed by atoms with van der Waals surface area (Å²) in [6.45, 7) is 17.3. The lowest BCUT2D eigenvalue weighted by molar-refractivity contribution is -0.144. The largest absolute Gasteiger partial charge is 0.481 e. The summed E-state index contributed by atoms with van der Waals surface area (Å²) >= 11 is 0. The zero-order valence-corrected chi connectivity index (χ0v) is 32.6. The van der Waals surface area contributed by atoms with Crippen molar-refractivity contribution in [2.45, 2.75) is 203 Å². The van der Waals surface area contributed by atoms with Crippen molar-refractivity contribution in [3.63, 3.8) is 0 Å². The number of aliphatic carboxylic acids is 1. The van der Waals surface area contributed by atoms with Crippen molar-refractivity contribution >= 4 is 5.97 Å². The molecule has 0 bridgehead atoms. The van der Waals surface area contributed by atoms with E-state index in [2.05, 4.69) is 54.5 Å². The third-order valence-corrected chi connectivity index (χ3v) is 15.0. The van der Waals surface area contributed by atoms with Gasteiger partial charge in [0.25, 0.3) is 0 Å². The van der Waals surface area contributed by atoms with Crippen LogP contribution in [0.15, 0.2) is 11.6 Å². The van der Waals surface area contributed by atoms with Crippen LogP contribution in [0, 0.1) is 64.1 Å². The van der Waals surface area contributed by atoms with Crippen molar-refractivity contribution in [3.8, 4) is 0 Å². The third kappa shape index (κ3) is 10.1. The second-order valence-electron chi connectivity index (χ2n) is 19.1. The van der Waals surface area contributed by atoms with Crippen LogP contribution in [0.4, 0.5) is 0 Å². The van der Waals surface area contributed by atoms with Gasteiger partial charge in [0.15, 0.2) is 0 Å². The van der Waals surface area contributed by atoms with Gasteiger partial charge in [-0.1, -0.05) is 156 Å². The van der Waals surface area contributed by atoms with Crippen LogP contribution in [0.3, 0.4) is 0 Å². The smallest absolute Gasteiger partial charge is 0.306 e. The number of unbranched alkanes of at least 4 members (excludes halogenated alkanes) is 10. The molecule has 0 radical (unpaired) electrons. The van der Waals surface area contributed by atoms with Crippen LogP contribution < -0.4 is 0 Å². The highest BCUT2D eigenvalue weighted by Gasteiger charge is 2.59. The Hall–Kier alpha value is -0.790. The molecule has 0 aliphatic heterocycles. The Balaban J connectivity index is 1.20. The van der Waals surface area contributed by atoms with Crippen LogP contribution in [0.2, 0.25) is 0 Å². The van der Waals surface area contributed by atoms with Gasteiger partial charge >= 0.3 is 5.97 Å². The average molecular weight is 653 g/mol. The fourth-order valence-electron chi connectivity index (χ4n) is 12.1. The molecule has 0 aromatic rings. The first-order valence-corrected chi connectivity index (χ1v) is 21.4. The van der Waals surface area contributed by atoms with E-state index in [1.165, 1.54) is 128 Å². The highest BCUT2D eigenvalue weighted by atomic mass is 16.4. The summed E-state index contributed by atoms with van der Waals surface area (Å²) in [6, 6.07) is 0. The van der Waals surface area contributed by atoms with E-state index in [0.29, 0.717) is 16.7 Å². The van der Waals surface area contributed by atoms with E-state index >= 15 is 0 Å². The van der Waals surface area contributed by atoms with E-state index < -0.39 is 5.97 Å². The molecule has 4 aliphatic rings. The van der Waals surface area contributed by atoms with Gasteiger partial charge in [-0.2, -0.15) is 0 Å². The number of fused-ring (bicyclic) bond motifs is 5. The predicted molar refractivity (Wildman–Crippen MR) is 203 cm³/mol. The van der Waals surface area contributed by atoms with Crippen molar-refractivity contribution < 1.29 is 9.90 Å². The van der Waals surface area contributed by atoms with E-state index in [0.717, 1.165) is 67.1 Å². The van der Waals surface area contributed by atoms with Crippen LogP contribution in [0.5, 0.6) is 0 Å². The zero-order chi connectivity index (χ0) is 34.0. The quantitative estimate of drug-likeness (QED) is 0.0989. The lowest BCUT2D eigenvalue weighted by Crippen LogP contribution is -2.51. The molecule has 0 spiro atoms. The van der Waals surface area contributed by atoms with Gasteiger partial charge < -0.3 is 5.11 Å². The van der Waals surface area contributed by atoms with Crippen molar-refractivity contribution in [2.24, 2.45) is 64.1 Å². The minimum Gasteiger partial charge on any atom is -0.481 e. The van der Waals surface area contributed by atoms with Crippen LogP contribution in [-0.2, 0) is 4.79 Å².